The first kappa shape index (κ1) is 17.1. The van der Waals surface area contributed by atoms with Crippen LogP contribution in [0.25, 0.3) is 0 Å². The van der Waals surface area contributed by atoms with E-state index >= 15 is 0 Å². The van der Waals surface area contributed by atoms with Gasteiger partial charge in [-0.1, -0.05) is 35.9 Å². The maximum atomic E-state index is 6.11. The fraction of sp³-hybridized carbons (Fsp3) is 0.368. The number of rotatable bonds is 5. The van der Waals surface area contributed by atoms with Crippen molar-refractivity contribution in [2.24, 2.45) is 5.73 Å². The Morgan fingerprint density at radius 2 is 1.83 bits per heavy atom. The molecule has 0 saturated carbocycles. The van der Waals surface area contributed by atoms with Crippen LogP contribution in [-0.2, 0) is 0 Å². The molecule has 0 bridgehead atoms. The molecule has 0 aliphatic carbocycles. The van der Waals surface area contributed by atoms with Gasteiger partial charge < -0.3 is 15.4 Å². The number of nitrogens with two attached hydrogens (primary N) is 1. The van der Waals surface area contributed by atoms with Crippen LogP contribution in [0, 0.1) is 0 Å². The van der Waals surface area contributed by atoms with E-state index in [1.165, 1.54) is 11.3 Å². The molecule has 1 unspecified atom stereocenters. The molecule has 1 aliphatic heterocycles. The monoisotopic (exact) mass is 345 g/mol. The fourth-order valence-electron chi connectivity index (χ4n) is 3.38. The van der Waals surface area contributed by atoms with Crippen molar-refractivity contribution in [2.75, 3.05) is 44.7 Å². The summed E-state index contributed by atoms with van der Waals surface area (Å²) in [6, 6.07) is 16.4. The number of anilines is 1. The topological polar surface area (TPSA) is 41.7 Å². The molecule has 4 nitrogen and oxygen atoms in total. The highest BCUT2D eigenvalue weighted by Crippen LogP contribution is 2.30. The molecule has 1 saturated heterocycles. The van der Waals surface area contributed by atoms with Crippen LogP contribution in [-0.4, -0.2) is 44.7 Å². The zero-order valence-corrected chi connectivity index (χ0v) is 14.7. The van der Waals surface area contributed by atoms with Gasteiger partial charge in [-0.15, -0.1) is 0 Å². The number of methoxy groups -OCH3 is 1. The van der Waals surface area contributed by atoms with Crippen molar-refractivity contribution >= 4 is 17.3 Å². The van der Waals surface area contributed by atoms with E-state index in [0.29, 0.717) is 6.54 Å². The van der Waals surface area contributed by atoms with Crippen LogP contribution in [0.15, 0.2) is 48.5 Å². The third-order valence-electron chi connectivity index (χ3n) is 4.65. The third-order valence-corrected chi connectivity index (χ3v) is 4.88. The highest BCUT2D eigenvalue weighted by atomic mass is 35.5. The number of benzene rings is 2. The summed E-state index contributed by atoms with van der Waals surface area (Å²) in [6.45, 7) is 4.44. The van der Waals surface area contributed by atoms with Gasteiger partial charge in [0.15, 0.2) is 0 Å². The minimum atomic E-state index is 0.183. The number of para-hydroxylation sites is 1. The van der Waals surface area contributed by atoms with E-state index in [1.807, 2.05) is 36.4 Å². The fourth-order valence-corrected chi connectivity index (χ4v) is 3.56. The van der Waals surface area contributed by atoms with Crippen LogP contribution in [0.3, 0.4) is 0 Å². The lowest BCUT2D eigenvalue weighted by molar-refractivity contribution is 0.187. The lowest BCUT2D eigenvalue weighted by atomic mass is 10.0. The molecule has 24 heavy (non-hydrogen) atoms. The summed E-state index contributed by atoms with van der Waals surface area (Å²) in [7, 11) is 1.71. The van der Waals surface area contributed by atoms with Gasteiger partial charge >= 0.3 is 0 Å². The van der Waals surface area contributed by atoms with Crippen LogP contribution >= 0.6 is 11.6 Å². The van der Waals surface area contributed by atoms with Gasteiger partial charge in [-0.25, -0.2) is 0 Å². The molecule has 0 aromatic heterocycles. The Labute approximate surface area is 148 Å². The second-order valence-corrected chi connectivity index (χ2v) is 6.43. The molecule has 128 valence electrons. The van der Waals surface area contributed by atoms with Gasteiger partial charge in [0, 0.05) is 49.0 Å². The molecule has 2 aromatic carbocycles. The van der Waals surface area contributed by atoms with Crippen LogP contribution in [0.2, 0.25) is 5.02 Å². The Hall–Kier alpha value is -1.75. The first-order valence-electron chi connectivity index (χ1n) is 8.30. The minimum absolute atomic E-state index is 0.183. The summed E-state index contributed by atoms with van der Waals surface area (Å²) < 4.78 is 5.52. The summed E-state index contributed by atoms with van der Waals surface area (Å²) in [5.74, 6) is 0.908. The molecule has 1 atom stereocenters. The normalized spacial score (nSPS) is 16.9. The number of piperazine rings is 1. The summed E-state index contributed by atoms with van der Waals surface area (Å²) >= 11 is 6.11. The van der Waals surface area contributed by atoms with Crippen molar-refractivity contribution in [1.29, 1.82) is 0 Å². The molecule has 1 heterocycles. The Bertz CT molecular complexity index is 671. The number of halogens is 1. The van der Waals surface area contributed by atoms with Gasteiger partial charge in [0.05, 0.1) is 13.2 Å². The van der Waals surface area contributed by atoms with E-state index in [0.717, 1.165) is 37.0 Å². The lowest BCUT2D eigenvalue weighted by Crippen LogP contribution is -2.49. The average Bonchev–Trinajstić information content (AvgIpc) is 2.63. The van der Waals surface area contributed by atoms with Crippen molar-refractivity contribution in [3.05, 3.63) is 59.1 Å². The first-order valence-corrected chi connectivity index (χ1v) is 8.68. The molecule has 0 spiro atoms. The van der Waals surface area contributed by atoms with E-state index in [9.17, 15) is 0 Å². The summed E-state index contributed by atoms with van der Waals surface area (Å²) in [4.78, 5) is 4.82. The molecule has 1 aliphatic rings. The van der Waals surface area contributed by atoms with E-state index in [-0.39, 0.29) is 6.04 Å². The number of nitrogens with zero attached hydrogens (tertiary/aromatic N) is 2. The maximum absolute atomic E-state index is 6.11. The van der Waals surface area contributed by atoms with Crippen LogP contribution in [0.4, 0.5) is 5.69 Å². The van der Waals surface area contributed by atoms with Crippen molar-refractivity contribution in [3.63, 3.8) is 0 Å². The molecule has 2 N–H and O–H groups in total. The van der Waals surface area contributed by atoms with Gasteiger partial charge in [-0.3, -0.25) is 4.90 Å². The van der Waals surface area contributed by atoms with Crippen molar-refractivity contribution < 1.29 is 4.74 Å². The third kappa shape index (κ3) is 3.66. The van der Waals surface area contributed by atoms with Gasteiger partial charge in [0.25, 0.3) is 0 Å². The molecular weight excluding hydrogens is 322 g/mol. The van der Waals surface area contributed by atoms with Crippen LogP contribution in [0.5, 0.6) is 5.75 Å². The molecule has 2 aromatic rings. The first-order chi connectivity index (χ1) is 11.7. The molecule has 0 radical (unpaired) electrons. The maximum Gasteiger partial charge on any atom is 0.123 e. The number of hydrogen-bond acceptors (Lipinski definition) is 4. The number of hydrogen-bond donors (Lipinski definition) is 1. The molecular formula is C19H24ClN3O. The average molecular weight is 346 g/mol. The highest BCUT2D eigenvalue weighted by molar-refractivity contribution is 6.30. The smallest absolute Gasteiger partial charge is 0.123 e. The predicted molar refractivity (Wildman–Crippen MR) is 100 cm³/mol. The highest BCUT2D eigenvalue weighted by Gasteiger charge is 2.26. The minimum Gasteiger partial charge on any atom is -0.496 e. The van der Waals surface area contributed by atoms with Gasteiger partial charge in [0.2, 0.25) is 0 Å². The SMILES string of the molecule is COc1ccccc1C(CN)N1CCN(c2cccc(Cl)c2)CC1. The second kappa shape index (κ2) is 7.88. The standard InChI is InChI=1S/C19H24ClN3O/c1-24-19-8-3-2-7-17(19)18(14-21)23-11-9-22(10-12-23)16-6-4-5-15(20)13-16/h2-8,13,18H,9-12,14,21H2,1H3. The van der Waals surface area contributed by atoms with Crippen molar-refractivity contribution in [3.8, 4) is 5.75 Å². The summed E-state index contributed by atoms with van der Waals surface area (Å²) in [5.41, 5.74) is 8.45. The van der Waals surface area contributed by atoms with Crippen molar-refractivity contribution in [2.45, 2.75) is 6.04 Å². The van der Waals surface area contributed by atoms with E-state index in [4.69, 9.17) is 22.1 Å². The molecule has 1 fully saturated rings. The Balaban J connectivity index is 1.70. The predicted octanol–water partition coefficient (Wildman–Crippen LogP) is 3.17. The van der Waals surface area contributed by atoms with E-state index in [2.05, 4.69) is 21.9 Å². The van der Waals surface area contributed by atoms with Gasteiger partial charge in [-0.05, 0) is 24.3 Å². The van der Waals surface area contributed by atoms with Crippen LogP contribution < -0.4 is 15.4 Å². The lowest BCUT2D eigenvalue weighted by Gasteiger charge is -2.40. The molecule has 0 amide bonds. The van der Waals surface area contributed by atoms with Gasteiger partial charge in [0.1, 0.15) is 5.75 Å². The summed E-state index contributed by atoms with van der Waals surface area (Å²) in [6.07, 6.45) is 0. The zero-order chi connectivity index (χ0) is 16.9. The largest absolute Gasteiger partial charge is 0.496 e. The zero-order valence-electron chi connectivity index (χ0n) is 14.0. The number of ether oxygens (including phenoxy) is 1. The van der Waals surface area contributed by atoms with Crippen LogP contribution in [0.1, 0.15) is 11.6 Å². The van der Waals surface area contributed by atoms with Crippen molar-refractivity contribution in [1.82, 2.24) is 4.90 Å². The Morgan fingerprint density at radius 1 is 1.08 bits per heavy atom. The Morgan fingerprint density at radius 3 is 2.50 bits per heavy atom. The Kier molecular flexibility index (Phi) is 5.61. The van der Waals surface area contributed by atoms with E-state index < -0.39 is 0 Å². The molecule has 3 rings (SSSR count). The summed E-state index contributed by atoms with van der Waals surface area (Å²) in [5, 5.41) is 0.781. The quantitative estimate of drug-likeness (QED) is 0.903. The second-order valence-electron chi connectivity index (χ2n) is 6.00. The van der Waals surface area contributed by atoms with Gasteiger partial charge in [-0.2, -0.15) is 0 Å². The van der Waals surface area contributed by atoms with E-state index in [1.54, 1.807) is 7.11 Å². The molecule has 5 heteroatoms.